The highest BCUT2D eigenvalue weighted by Crippen LogP contribution is 2.17. The third kappa shape index (κ3) is 1.39. The number of fused-ring (bicyclic) bond motifs is 1. The Hall–Kier alpha value is -1.71. The van der Waals surface area contributed by atoms with Gasteiger partial charge in [0, 0.05) is 12.4 Å². The predicted octanol–water partition coefficient (Wildman–Crippen LogP) is 1.62. The number of hydrogen-bond acceptors (Lipinski definition) is 3. The lowest BCUT2D eigenvalue weighted by Crippen LogP contribution is -2.10. The molecule has 1 aliphatic rings. The molecule has 0 radical (unpaired) electrons. The fraction of sp³-hybridized carbons (Fsp3) is 0.300. The SMILES string of the molecule is CCOC(=O)c1ccn2c1COC=C2. The van der Waals surface area contributed by atoms with E-state index >= 15 is 0 Å². The van der Waals surface area contributed by atoms with Crippen molar-refractivity contribution < 1.29 is 14.3 Å². The Labute approximate surface area is 81.7 Å². The van der Waals surface area contributed by atoms with Crippen LogP contribution in [0.4, 0.5) is 0 Å². The quantitative estimate of drug-likeness (QED) is 0.670. The van der Waals surface area contributed by atoms with Gasteiger partial charge in [0.05, 0.1) is 17.9 Å². The standard InChI is InChI=1S/C10H11NO3/c1-2-14-10(12)8-3-4-11-5-6-13-7-9(8)11/h3-6H,2,7H2,1H3. The lowest BCUT2D eigenvalue weighted by Gasteiger charge is -2.11. The number of nitrogens with zero attached hydrogens (tertiary/aromatic N) is 1. The minimum atomic E-state index is -0.292. The molecule has 0 N–H and O–H groups in total. The van der Waals surface area contributed by atoms with E-state index in [9.17, 15) is 4.79 Å². The molecule has 0 atom stereocenters. The van der Waals surface area contributed by atoms with Crippen LogP contribution in [0.25, 0.3) is 6.20 Å². The summed E-state index contributed by atoms with van der Waals surface area (Å²) in [7, 11) is 0. The van der Waals surface area contributed by atoms with Gasteiger partial charge in [0.2, 0.25) is 0 Å². The molecular formula is C10H11NO3. The summed E-state index contributed by atoms with van der Waals surface area (Å²) < 4.78 is 11.9. The second-order valence-corrected chi connectivity index (χ2v) is 2.90. The highest BCUT2D eigenvalue weighted by molar-refractivity contribution is 5.91. The van der Waals surface area contributed by atoms with Gasteiger partial charge in [-0.3, -0.25) is 0 Å². The number of esters is 1. The van der Waals surface area contributed by atoms with E-state index in [1.54, 1.807) is 25.5 Å². The van der Waals surface area contributed by atoms with Crippen molar-refractivity contribution in [3.05, 3.63) is 29.8 Å². The van der Waals surface area contributed by atoms with E-state index in [-0.39, 0.29) is 5.97 Å². The molecule has 0 saturated carbocycles. The van der Waals surface area contributed by atoms with Crippen molar-refractivity contribution in [3.63, 3.8) is 0 Å². The molecule has 0 aliphatic carbocycles. The van der Waals surface area contributed by atoms with E-state index in [0.29, 0.717) is 18.8 Å². The van der Waals surface area contributed by atoms with E-state index in [0.717, 1.165) is 5.69 Å². The van der Waals surface area contributed by atoms with Crippen LogP contribution in [0.15, 0.2) is 18.5 Å². The molecular weight excluding hydrogens is 182 g/mol. The monoisotopic (exact) mass is 193 g/mol. The molecule has 4 heteroatoms. The van der Waals surface area contributed by atoms with Crippen molar-refractivity contribution >= 4 is 12.2 Å². The second kappa shape index (κ2) is 3.57. The fourth-order valence-electron chi connectivity index (χ4n) is 1.40. The summed E-state index contributed by atoms with van der Waals surface area (Å²) in [6, 6.07) is 1.74. The Morgan fingerprint density at radius 3 is 3.36 bits per heavy atom. The zero-order valence-corrected chi connectivity index (χ0v) is 7.90. The molecule has 0 aromatic carbocycles. The van der Waals surface area contributed by atoms with Crippen molar-refractivity contribution in [2.45, 2.75) is 13.5 Å². The molecule has 0 amide bonds. The van der Waals surface area contributed by atoms with Crippen molar-refractivity contribution in [1.82, 2.24) is 4.57 Å². The van der Waals surface area contributed by atoms with E-state index in [2.05, 4.69) is 0 Å². The van der Waals surface area contributed by atoms with Crippen molar-refractivity contribution in [2.24, 2.45) is 0 Å². The Bertz CT molecular complexity index is 379. The summed E-state index contributed by atoms with van der Waals surface area (Å²) in [4.78, 5) is 11.5. The number of carbonyl (C=O) groups is 1. The van der Waals surface area contributed by atoms with Crippen LogP contribution in [0.2, 0.25) is 0 Å². The molecule has 2 rings (SSSR count). The molecule has 0 spiro atoms. The number of aromatic nitrogens is 1. The largest absolute Gasteiger partial charge is 0.493 e. The Balaban J connectivity index is 2.31. The molecule has 0 unspecified atom stereocenters. The van der Waals surface area contributed by atoms with Gasteiger partial charge in [-0.05, 0) is 13.0 Å². The van der Waals surface area contributed by atoms with Gasteiger partial charge in [0.1, 0.15) is 12.9 Å². The highest BCUT2D eigenvalue weighted by Gasteiger charge is 2.17. The van der Waals surface area contributed by atoms with Crippen LogP contribution in [0.3, 0.4) is 0 Å². The molecule has 0 fully saturated rings. The minimum Gasteiger partial charge on any atom is -0.493 e. The third-order valence-electron chi connectivity index (χ3n) is 2.06. The first-order valence-corrected chi connectivity index (χ1v) is 4.48. The van der Waals surface area contributed by atoms with Crippen LogP contribution in [-0.2, 0) is 16.1 Å². The molecule has 4 nitrogen and oxygen atoms in total. The lowest BCUT2D eigenvalue weighted by molar-refractivity contribution is 0.0522. The molecule has 1 aromatic rings. The zero-order valence-electron chi connectivity index (χ0n) is 7.90. The summed E-state index contributed by atoms with van der Waals surface area (Å²) in [6.07, 6.45) is 5.18. The van der Waals surface area contributed by atoms with E-state index < -0.39 is 0 Å². The van der Waals surface area contributed by atoms with Crippen LogP contribution in [0.5, 0.6) is 0 Å². The fourth-order valence-corrected chi connectivity index (χ4v) is 1.40. The topological polar surface area (TPSA) is 40.5 Å². The van der Waals surface area contributed by atoms with Crippen LogP contribution in [0.1, 0.15) is 23.0 Å². The first kappa shape index (κ1) is 8.87. The highest BCUT2D eigenvalue weighted by atomic mass is 16.5. The summed E-state index contributed by atoms with van der Waals surface area (Å²) in [5.74, 6) is -0.292. The zero-order chi connectivity index (χ0) is 9.97. The normalized spacial score (nSPS) is 13.2. The van der Waals surface area contributed by atoms with Gasteiger partial charge in [-0.2, -0.15) is 0 Å². The second-order valence-electron chi connectivity index (χ2n) is 2.90. The van der Waals surface area contributed by atoms with Crippen molar-refractivity contribution in [1.29, 1.82) is 0 Å². The Kier molecular flexibility index (Phi) is 2.26. The summed E-state index contributed by atoms with van der Waals surface area (Å²) >= 11 is 0. The molecule has 1 aromatic heterocycles. The molecule has 0 saturated heterocycles. The number of rotatable bonds is 2. The van der Waals surface area contributed by atoms with E-state index in [1.165, 1.54) is 0 Å². The van der Waals surface area contributed by atoms with Crippen LogP contribution in [-0.4, -0.2) is 17.1 Å². The summed E-state index contributed by atoms with van der Waals surface area (Å²) in [5.41, 5.74) is 1.42. The van der Waals surface area contributed by atoms with Gasteiger partial charge in [0.25, 0.3) is 0 Å². The number of ether oxygens (including phenoxy) is 2. The van der Waals surface area contributed by atoms with Crippen LogP contribution in [0, 0.1) is 0 Å². The molecule has 0 bridgehead atoms. The average Bonchev–Trinajstić information content (AvgIpc) is 2.61. The number of carbonyl (C=O) groups excluding carboxylic acids is 1. The molecule has 14 heavy (non-hydrogen) atoms. The van der Waals surface area contributed by atoms with Crippen molar-refractivity contribution in [3.8, 4) is 0 Å². The average molecular weight is 193 g/mol. The van der Waals surface area contributed by atoms with Gasteiger partial charge in [-0.1, -0.05) is 0 Å². The smallest absolute Gasteiger partial charge is 0.340 e. The van der Waals surface area contributed by atoms with E-state index in [4.69, 9.17) is 9.47 Å². The number of hydrogen-bond donors (Lipinski definition) is 0. The van der Waals surface area contributed by atoms with Gasteiger partial charge < -0.3 is 14.0 Å². The lowest BCUT2D eigenvalue weighted by atomic mass is 10.2. The Morgan fingerprint density at radius 1 is 1.71 bits per heavy atom. The van der Waals surface area contributed by atoms with Crippen LogP contribution >= 0.6 is 0 Å². The summed E-state index contributed by atoms with van der Waals surface area (Å²) in [5, 5.41) is 0. The van der Waals surface area contributed by atoms with Crippen LogP contribution < -0.4 is 0 Å². The van der Waals surface area contributed by atoms with Gasteiger partial charge in [-0.25, -0.2) is 4.79 Å². The molecule has 74 valence electrons. The Morgan fingerprint density at radius 2 is 2.57 bits per heavy atom. The van der Waals surface area contributed by atoms with Gasteiger partial charge >= 0.3 is 5.97 Å². The molecule has 2 heterocycles. The van der Waals surface area contributed by atoms with E-state index in [1.807, 2.05) is 10.8 Å². The summed E-state index contributed by atoms with van der Waals surface area (Å²) in [6.45, 7) is 2.59. The first-order chi connectivity index (χ1) is 6.83. The van der Waals surface area contributed by atoms with Gasteiger partial charge in [0.15, 0.2) is 0 Å². The molecule has 1 aliphatic heterocycles. The third-order valence-corrected chi connectivity index (χ3v) is 2.06. The van der Waals surface area contributed by atoms with Crippen molar-refractivity contribution in [2.75, 3.05) is 6.61 Å². The first-order valence-electron chi connectivity index (χ1n) is 4.48. The maximum absolute atomic E-state index is 11.5. The minimum absolute atomic E-state index is 0.292. The van der Waals surface area contributed by atoms with Gasteiger partial charge in [-0.15, -0.1) is 0 Å². The predicted molar refractivity (Wildman–Crippen MR) is 50.5 cm³/mol. The maximum atomic E-state index is 11.5. The maximum Gasteiger partial charge on any atom is 0.340 e.